The van der Waals surface area contributed by atoms with Gasteiger partial charge in [-0.15, -0.1) is 0 Å². The number of carbonyl (C=O) groups excluding carboxylic acids is 2. The minimum absolute atomic E-state index is 0.616. The Morgan fingerprint density at radius 2 is 2.12 bits per heavy atom. The zero-order valence-electron chi connectivity index (χ0n) is 4.51. The second-order valence-corrected chi connectivity index (χ2v) is 1.12. The Bertz CT molecular complexity index is 129. The fourth-order valence-electron chi connectivity index (χ4n) is 0.183. The molecule has 8 heavy (non-hydrogen) atoms. The predicted molar refractivity (Wildman–Crippen MR) is 30.2 cm³/mol. The van der Waals surface area contributed by atoms with E-state index in [-0.39, 0.29) is 0 Å². The molecule has 0 N–H and O–H groups in total. The summed E-state index contributed by atoms with van der Waals surface area (Å²) in [6.07, 6.45) is 0.932. The van der Waals surface area contributed by atoms with E-state index in [0.29, 0.717) is 0 Å². The van der Waals surface area contributed by atoms with Crippen LogP contribution in [-0.2, 0) is 9.53 Å². The van der Waals surface area contributed by atoms with Crippen molar-refractivity contribution in [2.45, 2.75) is 0 Å². The number of ether oxygens (including phenoxy) is 1. The molecule has 0 radical (unpaired) electrons. The molecule has 0 atom stereocenters. The summed E-state index contributed by atoms with van der Waals surface area (Å²) in [6.45, 7) is 3.09. The van der Waals surface area contributed by atoms with Gasteiger partial charge in [0.05, 0.1) is 0 Å². The van der Waals surface area contributed by atoms with Crippen LogP contribution in [0.5, 0.6) is 0 Å². The van der Waals surface area contributed by atoms with Crippen molar-refractivity contribution in [2.24, 2.45) is 0 Å². The van der Waals surface area contributed by atoms with E-state index in [1.54, 1.807) is 0 Å². The van der Waals surface area contributed by atoms with Crippen molar-refractivity contribution in [1.82, 2.24) is 0 Å². The van der Waals surface area contributed by atoms with Crippen molar-refractivity contribution in [3.05, 3.63) is 12.7 Å². The van der Waals surface area contributed by atoms with Crippen molar-refractivity contribution in [3.63, 3.8) is 0 Å². The Morgan fingerprint density at radius 3 is 2.25 bits per heavy atom. The first-order chi connectivity index (χ1) is 3.66. The fourth-order valence-corrected chi connectivity index (χ4v) is 0.183. The van der Waals surface area contributed by atoms with Crippen molar-refractivity contribution in [2.75, 3.05) is 0 Å². The normalized spacial score (nSPS) is 7.50. The number of carbonyl (C=O) groups is 2. The number of hydrogen-bond acceptors (Lipinski definition) is 3. The summed E-state index contributed by atoms with van der Waals surface area (Å²) in [4.78, 5) is 20.0. The van der Waals surface area contributed by atoms with Gasteiger partial charge >= 0.3 is 5.97 Å². The highest BCUT2D eigenvalue weighted by Crippen LogP contribution is 1.77. The maximum atomic E-state index is 10.1. The van der Waals surface area contributed by atoms with Crippen molar-refractivity contribution in [1.29, 1.82) is 0 Å². The van der Waals surface area contributed by atoms with Gasteiger partial charge in [0.15, 0.2) is 0 Å². The van der Waals surface area contributed by atoms with Gasteiger partial charge in [-0.2, -0.15) is 0 Å². The van der Waals surface area contributed by atoms with Crippen LogP contribution >= 0.6 is 0 Å². The molecule has 0 spiro atoms. The summed E-state index contributed by atoms with van der Waals surface area (Å²) in [7, 11) is 1.15. The standard InChI is InChI=1S/C4H5BO3/c1-2-3(6)8-4(5)7/h2H,1,5H2. The highest BCUT2D eigenvalue weighted by Gasteiger charge is 1.96. The van der Waals surface area contributed by atoms with Crippen LogP contribution in [0.1, 0.15) is 0 Å². The maximum absolute atomic E-state index is 10.1. The monoisotopic (exact) mass is 112 g/mol. The molecule has 42 valence electrons. The largest absolute Gasteiger partial charge is 0.400 e. The average molecular weight is 112 g/mol. The molecule has 0 rings (SSSR count). The van der Waals surface area contributed by atoms with E-state index in [2.05, 4.69) is 11.3 Å². The van der Waals surface area contributed by atoms with Gasteiger partial charge in [0.2, 0.25) is 7.85 Å². The van der Waals surface area contributed by atoms with E-state index >= 15 is 0 Å². The average Bonchev–Trinajstić information content (AvgIpc) is 1.65. The van der Waals surface area contributed by atoms with Crippen LogP contribution in [0.3, 0.4) is 0 Å². The van der Waals surface area contributed by atoms with E-state index in [0.717, 1.165) is 13.9 Å². The molecule has 0 heterocycles. The van der Waals surface area contributed by atoms with Gasteiger partial charge in [0.25, 0.3) is 5.87 Å². The van der Waals surface area contributed by atoms with E-state index in [1.165, 1.54) is 0 Å². The highest BCUT2D eigenvalue weighted by atomic mass is 16.6. The maximum Gasteiger partial charge on any atom is 0.337 e. The molecule has 0 aliphatic heterocycles. The third kappa shape index (κ3) is 3.15. The summed E-state index contributed by atoms with van der Waals surface area (Å²) in [5.74, 6) is -1.33. The van der Waals surface area contributed by atoms with Crippen molar-refractivity contribution >= 4 is 19.7 Å². The first kappa shape index (κ1) is 6.94. The summed E-state index contributed by atoms with van der Waals surface area (Å²) < 4.78 is 4.00. The molecule has 0 aliphatic rings. The highest BCUT2D eigenvalue weighted by molar-refractivity contribution is 6.56. The van der Waals surface area contributed by atoms with E-state index in [9.17, 15) is 9.59 Å². The molecular formula is C4H5BO3. The van der Waals surface area contributed by atoms with E-state index in [4.69, 9.17) is 0 Å². The van der Waals surface area contributed by atoms with E-state index in [1.807, 2.05) is 0 Å². The minimum atomic E-state index is -0.711. The lowest BCUT2D eigenvalue weighted by atomic mass is 10.2. The molecular weight excluding hydrogens is 107 g/mol. The molecule has 4 heteroatoms. The summed E-state index contributed by atoms with van der Waals surface area (Å²) in [5, 5.41) is 0. The van der Waals surface area contributed by atoms with Gasteiger partial charge in [-0.3, -0.25) is 4.79 Å². The zero-order valence-corrected chi connectivity index (χ0v) is 4.51. The molecule has 0 saturated heterocycles. The molecule has 0 aliphatic carbocycles. The van der Waals surface area contributed by atoms with Gasteiger partial charge in [-0.05, 0) is 0 Å². The smallest absolute Gasteiger partial charge is 0.337 e. The molecule has 0 bridgehead atoms. The quantitative estimate of drug-likeness (QED) is 0.198. The van der Waals surface area contributed by atoms with Gasteiger partial charge in [0, 0.05) is 6.08 Å². The van der Waals surface area contributed by atoms with Crippen LogP contribution in [0.25, 0.3) is 0 Å². The zero-order chi connectivity index (χ0) is 6.57. The molecule has 0 unspecified atom stereocenters. The molecule has 0 saturated carbocycles. The summed E-state index contributed by atoms with van der Waals surface area (Å²) in [6, 6.07) is 0. The molecule has 0 aromatic carbocycles. The van der Waals surface area contributed by atoms with Gasteiger partial charge in [0.1, 0.15) is 0 Å². The first-order valence-electron chi connectivity index (χ1n) is 2.01. The fraction of sp³-hybridized carbons (Fsp3) is 0. The Labute approximate surface area is 47.7 Å². The number of esters is 1. The van der Waals surface area contributed by atoms with Gasteiger partial charge in [-0.1, -0.05) is 6.58 Å². The van der Waals surface area contributed by atoms with Gasteiger partial charge < -0.3 is 4.74 Å². The van der Waals surface area contributed by atoms with Crippen LogP contribution in [0.4, 0.5) is 4.79 Å². The Morgan fingerprint density at radius 1 is 1.62 bits per heavy atom. The Balaban J connectivity index is 3.55. The lowest BCUT2D eigenvalue weighted by Gasteiger charge is -1.89. The Hall–Kier alpha value is -1.06. The summed E-state index contributed by atoms with van der Waals surface area (Å²) >= 11 is 0. The lowest BCUT2D eigenvalue weighted by molar-refractivity contribution is -0.130. The van der Waals surface area contributed by atoms with Crippen molar-refractivity contribution in [3.8, 4) is 0 Å². The van der Waals surface area contributed by atoms with Crippen molar-refractivity contribution < 1.29 is 14.3 Å². The summed E-state index contributed by atoms with van der Waals surface area (Å²) in [5.41, 5.74) is 0. The van der Waals surface area contributed by atoms with Crippen LogP contribution in [-0.4, -0.2) is 19.7 Å². The molecule has 0 aromatic heterocycles. The van der Waals surface area contributed by atoms with Crippen LogP contribution in [0.2, 0.25) is 0 Å². The van der Waals surface area contributed by atoms with Crippen LogP contribution < -0.4 is 0 Å². The molecule has 0 amide bonds. The van der Waals surface area contributed by atoms with E-state index < -0.39 is 11.8 Å². The second kappa shape index (κ2) is 3.01. The predicted octanol–water partition coefficient (Wildman–Crippen LogP) is -0.531. The first-order valence-corrected chi connectivity index (χ1v) is 2.01. The third-order valence-corrected chi connectivity index (χ3v) is 0.411. The second-order valence-electron chi connectivity index (χ2n) is 1.12. The molecule has 3 nitrogen and oxygen atoms in total. The number of hydrogen-bond donors (Lipinski definition) is 0. The Kier molecular flexibility index (Phi) is 2.62. The SMILES string of the molecule is BC(=O)OC(=O)C=C. The topological polar surface area (TPSA) is 43.4 Å². The molecule has 0 aromatic rings. The lowest BCUT2D eigenvalue weighted by Crippen LogP contribution is -2.06. The molecule has 0 fully saturated rings. The third-order valence-electron chi connectivity index (χ3n) is 0.411. The van der Waals surface area contributed by atoms with Crippen LogP contribution in [0, 0.1) is 0 Å². The number of rotatable bonds is 1. The minimum Gasteiger partial charge on any atom is -0.400 e. The van der Waals surface area contributed by atoms with Gasteiger partial charge in [-0.25, -0.2) is 4.79 Å². The van der Waals surface area contributed by atoms with Crippen LogP contribution in [0.15, 0.2) is 12.7 Å².